The first-order valence-corrected chi connectivity index (χ1v) is 9.13. The topological polar surface area (TPSA) is 81.6 Å². The van der Waals surface area contributed by atoms with Crippen molar-refractivity contribution in [2.75, 3.05) is 26.2 Å². The molecule has 0 radical (unpaired) electrons. The first-order chi connectivity index (χ1) is 11.7. The van der Waals surface area contributed by atoms with Gasteiger partial charge in [-0.1, -0.05) is 0 Å². The van der Waals surface area contributed by atoms with Gasteiger partial charge < -0.3 is 19.8 Å². The van der Waals surface area contributed by atoms with Gasteiger partial charge in [-0.25, -0.2) is 4.98 Å². The summed E-state index contributed by atoms with van der Waals surface area (Å²) in [6.07, 6.45) is 4.46. The molecule has 3 rings (SSSR count). The summed E-state index contributed by atoms with van der Waals surface area (Å²) in [6, 6.07) is 3.68. The molecule has 1 amide bonds. The molecule has 0 spiro atoms. The van der Waals surface area contributed by atoms with Crippen molar-refractivity contribution in [3.63, 3.8) is 0 Å². The van der Waals surface area contributed by atoms with Crippen LogP contribution in [-0.4, -0.2) is 48.1 Å². The van der Waals surface area contributed by atoms with E-state index < -0.39 is 0 Å². The molecule has 1 fully saturated rings. The van der Waals surface area contributed by atoms with Crippen LogP contribution in [0.25, 0.3) is 10.8 Å². The predicted molar refractivity (Wildman–Crippen MR) is 108 cm³/mol. The second kappa shape index (κ2) is 10.9. The fourth-order valence-electron chi connectivity index (χ4n) is 2.81. The number of likely N-dealkylation sites (tertiary alicyclic amines) is 1. The number of furan rings is 1. The molecular formula is C17H25Cl2N3O3S. The van der Waals surface area contributed by atoms with Crippen molar-refractivity contribution in [1.29, 1.82) is 0 Å². The molecule has 1 aliphatic rings. The summed E-state index contributed by atoms with van der Waals surface area (Å²) in [5.74, 6) is 0.705. The Labute approximate surface area is 169 Å². The molecule has 6 nitrogen and oxygen atoms in total. The highest BCUT2D eigenvalue weighted by molar-refractivity contribution is 7.15. The number of aromatic nitrogens is 1. The number of nitrogens with zero attached hydrogens (tertiary/aromatic N) is 2. The van der Waals surface area contributed by atoms with E-state index in [-0.39, 0.29) is 36.8 Å². The zero-order valence-corrected chi connectivity index (χ0v) is 17.1. The molecule has 2 aromatic heterocycles. The number of aryl methyl sites for hydroxylation is 1. The van der Waals surface area contributed by atoms with E-state index in [4.69, 9.17) is 14.9 Å². The van der Waals surface area contributed by atoms with Crippen molar-refractivity contribution < 1.29 is 13.9 Å². The summed E-state index contributed by atoms with van der Waals surface area (Å²) < 4.78 is 11.2. The summed E-state index contributed by atoms with van der Waals surface area (Å²) in [5, 5.41) is 0.751. The third kappa shape index (κ3) is 5.44. The number of amides is 1. The largest absolute Gasteiger partial charge is 0.462 e. The van der Waals surface area contributed by atoms with Gasteiger partial charge in [0, 0.05) is 24.6 Å². The standard InChI is InChI=1S/C17H23N3O3S.2ClH/c1-12-15(19-16(24-12)14-4-2-10-23-14)17(21)20-8-5-13(6-9-20)22-11-3-7-18;;/h2,4,10,13H,3,5-9,11,18H2,1H3;2*1H. The quantitative estimate of drug-likeness (QED) is 0.721. The van der Waals surface area contributed by atoms with Gasteiger partial charge in [-0.3, -0.25) is 4.79 Å². The summed E-state index contributed by atoms with van der Waals surface area (Å²) in [4.78, 5) is 20.0. The second-order valence-electron chi connectivity index (χ2n) is 5.91. The number of carbonyl (C=O) groups excluding carboxylic acids is 1. The number of nitrogens with two attached hydrogens (primary N) is 1. The number of hydrogen-bond acceptors (Lipinski definition) is 6. The van der Waals surface area contributed by atoms with E-state index in [0.717, 1.165) is 29.1 Å². The lowest BCUT2D eigenvalue weighted by Crippen LogP contribution is -2.41. The van der Waals surface area contributed by atoms with E-state index in [2.05, 4.69) is 4.98 Å². The maximum atomic E-state index is 12.8. The number of ether oxygens (including phenoxy) is 1. The van der Waals surface area contributed by atoms with Gasteiger partial charge in [-0.05, 0) is 44.9 Å². The Morgan fingerprint density at radius 3 is 2.77 bits per heavy atom. The summed E-state index contributed by atoms with van der Waals surface area (Å²) in [5.41, 5.74) is 6.01. The summed E-state index contributed by atoms with van der Waals surface area (Å²) >= 11 is 1.49. The van der Waals surface area contributed by atoms with Gasteiger partial charge in [0.15, 0.2) is 10.8 Å². The van der Waals surface area contributed by atoms with Crippen molar-refractivity contribution >= 4 is 42.1 Å². The van der Waals surface area contributed by atoms with Crippen LogP contribution in [0.5, 0.6) is 0 Å². The zero-order chi connectivity index (χ0) is 16.9. The van der Waals surface area contributed by atoms with Crippen LogP contribution < -0.4 is 5.73 Å². The third-order valence-corrected chi connectivity index (χ3v) is 5.15. The van der Waals surface area contributed by atoms with Gasteiger partial charge in [-0.2, -0.15) is 0 Å². The molecule has 0 saturated carbocycles. The van der Waals surface area contributed by atoms with E-state index >= 15 is 0 Å². The molecule has 3 heterocycles. The van der Waals surface area contributed by atoms with Gasteiger partial charge in [0.1, 0.15) is 5.69 Å². The SMILES string of the molecule is Cc1sc(-c2ccco2)nc1C(=O)N1CCC(OCCCN)CC1.Cl.Cl. The summed E-state index contributed by atoms with van der Waals surface area (Å²) in [6.45, 7) is 4.70. The number of carbonyl (C=O) groups is 1. The molecule has 9 heteroatoms. The number of rotatable bonds is 6. The smallest absolute Gasteiger partial charge is 0.273 e. The Morgan fingerprint density at radius 2 is 2.15 bits per heavy atom. The average molecular weight is 422 g/mol. The van der Waals surface area contributed by atoms with E-state index in [1.807, 2.05) is 24.0 Å². The molecule has 0 aromatic carbocycles. The van der Waals surface area contributed by atoms with E-state index in [9.17, 15) is 4.79 Å². The number of thiazole rings is 1. The second-order valence-corrected chi connectivity index (χ2v) is 7.11. The molecular weight excluding hydrogens is 397 g/mol. The lowest BCUT2D eigenvalue weighted by molar-refractivity contribution is 0.00829. The van der Waals surface area contributed by atoms with E-state index in [1.54, 1.807) is 6.26 Å². The maximum Gasteiger partial charge on any atom is 0.273 e. The van der Waals surface area contributed by atoms with Crippen LogP contribution in [0.4, 0.5) is 0 Å². The number of halogens is 2. The number of piperidine rings is 1. The first kappa shape index (κ1) is 22.9. The fourth-order valence-corrected chi connectivity index (χ4v) is 3.68. The minimum absolute atomic E-state index is 0. The molecule has 146 valence electrons. The minimum atomic E-state index is 0. The van der Waals surface area contributed by atoms with Crippen LogP contribution in [0.1, 0.15) is 34.6 Å². The zero-order valence-electron chi connectivity index (χ0n) is 14.7. The highest BCUT2D eigenvalue weighted by atomic mass is 35.5. The Balaban J connectivity index is 0.00000169. The van der Waals surface area contributed by atoms with Gasteiger partial charge in [0.05, 0.1) is 12.4 Å². The first-order valence-electron chi connectivity index (χ1n) is 8.31. The van der Waals surface area contributed by atoms with Crippen LogP contribution in [-0.2, 0) is 4.74 Å². The van der Waals surface area contributed by atoms with E-state index in [1.165, 1.54) is 11.3 Å². The van der Waals surface area contributed by atoms with Gasteiger partial charge in [0.25, 0.3) is 5.91 Å². The van der Waals surface area contributed by atoms with Crippen LogP contribution in [0.15, 0.2) is 22.8 Å². The van der Waals surface area contributed by atoms with Crippen molar-refractivity contribution in [2.45, 2.75) is 32.3 Å². The predicted octanol–water partition coefficient (Wildman–Crippen LogP) is 3.53. The minimum Gasteiger partial charge on any atom is -0.462 e. The normalized spacial score (nSPS) is 14.6. The Bertz CT molecular complexity index is 671. The van der Waals surface area contributed by atoms with Gasteiger partial charge >= 0.3 is 0 Å². The highest BCUT2D eigenvalue weighted by Gasteiger charge is 2.27. The fraction of sp³-hybridized carbons (Fsp3) is 0.529. The Morgan fingerprint density at radius 1 is 1.42 bits per heavy atom. The Hall–Kier alpha value is -1.12. The van der Waals surface area contributed by atoms with Gasteiger partial charge in [-0.15, -0.1) is 36.2 Å². The molecule has 0 aliphatic carbocycles. The Kier molecular flexibility index (Phi) is 9.60. The third-order valence-electron chi connectivity index (χ3n) is 4.16. The van der Waals surface area contributed by atoms with Gasteiger partial charge in [0.2, 0.25) is 0 Å². The lowest BCUT2D eigenvalue weighted by Gasteiger charge is -2.31. The van der Waals surface area contributed by atoms with Crippen LogP contribution in [0.2, 0.25) is 0 Å². The molecule has 2 aromatic rings. The van der Waals surface area contributed by atoms with Crippen molar-refractivity contribution in [1.82, 2.24) is 9.88 Å². The molecule has 0 bridgehead atoms. The van der Waals surface area contributed by atoms with Crippen LogP contribution in [0.3, 0.4) is 0 Å². The molecule has 1 aliphatic heterocycles. The summed E-state index contributed by atoms with van der Waals surface area (Å²) in [7, 11) is 0. The molecule has 26 heavy (non-hydrogen) atoms. The monoisotopic (exact) mass is 421 g/mol. The van der Waals surface area contributed by atoms with Crippen molar-refractivity contribution in [3.8, 4) is 10.8 Å². The van der Waals surface area contributed by atoms with Crippen LogP contribution in [0, 0.1) is 6.92 Å². The number of hydrogen-bond donors (Lipinski definition) is 1. The molecule has 1 saturated heterocycles. The van der Waals surface area contributed by atoms with Crippen molar-refractivity contribution in [2.24, 2.45) is 5.73 Å². The average Bonchev–Trinajstić information content (AvgIpc) is 3.24. The highest BCUT2D eigenvalue weighted by Crippen LogP contribution is 2.29. The van der Waals surface area contributed by atoms with Crippen LogP contribution >= 0.6 is 36.2 Å². The van der Waals surface area contributed by atoms with Crippen molar-refractivity contribution in [3.05, 3.63) is 29.0 Å². The molecule has 0 atom stereocenters. The molecule has 0 unspecified atom stereocenters. The lowest BCUT2D eigenvalue weighted by atomic mass is 10.1. The van der Waals surface area contributed by atoms with E-state index in [0.29, 0.717) is 37.7 Å². The molecule has 2 N–H and O–H groups in total. The maximum absolute atomic E-state index is 12.8.